The van der Waals surface area contributed by atoms with Crippen LogP contribution in [0.5, 0.6) is 0 Å². The lowest BCUT2D eigenvalue weighted by Gasteiger charge is -2.26. The van der Waals surface area contributed by atoms with Crippen molar-refractivity contribution >= 4 is 11.8 Å². The van der Waals surface area contributed by atoms with Crippen LogP contribution < -0.4 is 10.6 Å². The Balaban J connectivity index is 1.38. The molecular weight excluding hydrogens is 294 g/mol. The van der Waals surface area contributed by atoms with Gasteiger partial charge in [0, 0.05) is 62.9 Å². The highest BCUT2D eigenvalue weighted by Gasteiger charge is 2.56. The average molecular weight is 317 g/mol. The van der Waals surface area contributed by atoms with Crippen molar-refractivity contribution in [2.45, 2.75) is 19.3 Å². The number of aromatic nitrogens is 2. The molecule has 3 N–H and O–H groups in total. The molecular formula is C16H23N5O2. The first-order valence-electron chi connectivity index (χ1n) is 8.44. The fourth-order valence-corrected chi connectivity index (χ4v) is 3.91. The van der Waals surface area contributed by atoms with E-state index in [2.05, 4.69) is 20.6 Å². The van der Waals surface area contributed by atoms with E-state index < -0.39 is 5.41 Å². The molecule has 2 amide bonds. The number of H-pyrrole nitrogens is 1. The zero-order valence-electron chi connectivity index (χ0n) is 13.2. The predicted molar refractivity (Wildman–Crippen MR) is 83.4 cm³/mol. The van der Waals surface area contributed by atoms with Gasteiger partial charge in [-0.15, -0.1) is 0 Å². The van der Waals surface area contributed by atoms with Gasteiger partial charge < -0.3 is 20.5 Å². The van der Waals surface area contributed by atoms with Crippen LogP contribution in [0.15, 0.2) is 12.5 Å². The van der Waals surface area contributed by atoms with Crippen LogP contribution >= 0.6 is 0 Å². The molecule has 124 valence electrons. The molecule has 3 fully saturated rings. The largest absolute Gasteiger partial charge is 0.355 e. The third-order valence-electron chi connectivity index (χ3n) is 5.45. The lowest BCUT2D eigenvalue weighted by molar-refractivity contribution is -0.133. The first kappa shape index (κ1) is 14.7. The Labute approximate surface area is 135 Å². The molecule has 2 atom stereocenters. The summed E-state index contributed by atoms with van der Waals surface area (Å²) in [5, 5.41) is 6.40. The van der Waals surface area contributed by atoms with Crippen molar-refractivity contribution in [3.8, 4) is 0 Å². The number of nitrogens with one attached hydrogen (secondary N) is 3. The first-order chi connectivity index (χ1) is 11.2. The Morgan fingerprint density at radius 1 is 1.43 bits per heavy atom. The Hall–Kier alpha value is -1.89. The first-order valence-corrected chi connectivity index (χ1v) is 8.44. The van der Waals surface area contributed by atoms with Gasteiger partial charge in [-0.2, -0.15) is 0 Å². The molecule has 1 aromatic rings. The maximum absolute atomic E-state index is 12.8. The van der Waals surface area contributed by atoms with E-state index in [1.165, 1.54) is 0 Å². The summed E-state index contributed by atoms with van der Waals surface area (Å²) in [4.78, 5) is 34.1. The Morgan fingerprint density at radius 3 is 3.04 bits per heavy atom. The van der Waals surface area contributed by atoms with Gasteiger partial charge >= 0.3 is 0 Å². The van der Waals surface area contributed by atoms with Crippen LogP contribution in [0.25, 0.3) is 0 Å². The number of fused-ring (bicyclic) bond motifs is 1. The van der Waals surface area contributed by atoms with E-state index in [1.54, 1.807) is 12.5 Å². The highest BCUT2D eigenvalue weighted by Crippen LogP contribution is 2.42. The third kappa shape index (κ3) is 2.63. The molecule has 0 aromatic carbocycles. The molecule has 23 heavy (non-hydrogen) atoms. The summed E-state index contributed by atoms with van der Waals surface area (Å²) < 4.78 is 0. The minimum atomic E-state index is -0.446. The fourth-order valence-electron chi connectivity index (χ4n) is 3.91. The van der Waals surface area contributed by atoms with Crippen LogP contribution in [0.2, 0.25) is 0 Å². The molecule has 0 spiro atoms. The van der Waals surface area contributed by atoms with Crippen molar-refractivity contribution in [2.75, 3.05) is 32.7 Å². The summed E-state index contributed by atoms with van der Waals surface area (Å²) in [6, 6.07) is 0. The number of aromatic amines is 1. The van der Waals surface area contributed by atoms with Gasteiger partial charge in [0.25, 0.3) is 0 Å². The molecule has 2 saturated heterocycles. The molecule has 7 nitrogen and oxygen atoms in total. The van der Waals surface area contributed by atoms with Crippen molar-refractivity contribution in [1.82, 2.24) is 25.5 Å². The van der Waals surface area contributed by atoms with Gasteiger partial charge in [0.1, 0.15) is 0 Å². The second kappa shape index (κ2) is 5.63. The molecule has 7 heteroatoms. The van der Waals surface area contributed by atoms with Gasteiger partial charge in [0.2, 0.25) is 11.8 Å². The number of rotatable bonds is 5. The van der Waals surface area contributed by atoms with Crippen LogP contribution in [0.4, 0.5) is 0 Å². The summed E-state index contributed by atoms with van der Waals surface area (Å²) >= 11 is 0. The molecule has 3 aliphatic rings. The van der Waals surface area contributed by atoms with E-state index in [0.717, 1.165) is 38.0 Å². The van der Waals surface area contributed by atoms with Crippen molar-refractivity contribution in [3.05, 3.63) is 18.2 Å². The third-order valence-corrected chi connectivity index (χ3v) is 5.45. The zero-order chi connectivity index (χ0) is 15.9. The Morgan fingerprint density at radius 2 is 2.30 bits per heavy atom. The Bertz CT molecular complexity index is 598. The summed E-state index contributed by atoms with van der Waals surface area (Å²) in [7, 11) is 0. The number of hydrogen-bond acceptors (Lipinski definition) is 4. The summed E-state index contributed by atoms with van der Waals surface area (Å²) in [6.07, 6.45) is 6.19. The predicted octanol–water partition coefficient (Wildman–Crippen LogP) is -0.474. The van der Waals surface area contributed by atoms with Crippen LogP contribution in [0.1, 0.15) is 18.5 Å². The van der Waals surface area contributed by atoms with Gasteiger partial charge in [-0.1, -0.05) is 0 Å². The molecule has 0 radical (unpaired) electrons. The van der Waals surface area contributed by atoms with Crippen LogP contribution in [-0.4, -0.2) is 59.4 Å². The van der Waals surface area contributed by atoms with Crippen LogP contribution in [-0.2, 0) is 16.0 Å². The zero-order valence-corrected chi connectivity index (χ0v) is 13.2. The van der Waals surface area contributed by atoms with Crippen molar-refractivity contribution in [3.63, 3.8) is 0 Å². The Kier molecular flexibility index (Phi) is 3.60. The van der Waals surface area contributed by atoms with Crippen molar-refractivity contribution in [1.29, 1.82) is 0 Å². The molecule has 1 aromatic heterocycles. The second-order valence-corrected chi connectivity index (χ2v) is 7.06. The molecule has 1 saturated carbocycles. The van der Waals surface area contributed by atoms with Gasteiger partial charge in [-0.3, -0.25) is 9.59 Å². The molecule has 0 unspecified atom stereocenters. The van der Waals surface area contributed by atoms with E-state index >= 15 is 0 Å². The molecule has 0 bridgehead atoms. The van der Waals surface area contributed by atoms with E-state index in [4.69, 9.17) is 0 Å². The minimum Gasteiger partial charge on any atom is -0.355 e. The van der Waals surface area contributed by atoms with Crippen LogP contribution in [0.3, 0.4) is 0 Å². The molecule has 3 heterocycles. The smallest absolute Gasteiger partial charge is 0.229 e. The SMILES string of the molecule is O=C(C1CC1)N1C[C@H]2CNC[C@@]2(C(=O)NCCc2cnc[nH]2)C1. The number of amides is 2. The number of carbonyl (C=O) groups is 2. The fraction of sp³-hybridized carbons (Fsp3) is 0.688. The average Bonchev–Trinajstić information content (AvgIpc) is 2.96. The maximum atomic E-state index is 12.8. The van der Waals surface area contributed by atoms with E-state index in [1.807, 2.05) is 4.90 Å². The van der Waals surface area contributed by atoms with E-state index in [0.29, 0.717) is 19.6 Å². The van der Waals surface area contributed by atoms with Crippen molar-refractivity contribution in [2.24, 2.45) is 17.3 Å². The van der Waals surface area contributed by atoms with Gasteiger partial charge in [-0.05, 0) is 12.8 Å². The number of carbonyl (C=O) groups excluding carboxylic acids is 2. The number of hydrogen-bond donors (Lipinski definition) is 3. The second-order valence-electron chi connectivity index (χ2n) is 7.06. The van der Waals surface area contributed by atoms with E-state index in [-0.39, 0.29) is 23.7 Å². The molecule has 2 aliphatic heterocycles. The monoisotopic (exact) mass is 317 g/mol. The molecule has 1 aliphatic carbocycles. The summed E-state index contributed by atoms with van der Waals surface area (Å²) in [6.45, 7) is 3.36. The quantitative estimate of drug-likeness (QED) is 0.685. The number of nitrogens with zero attached hydrogens (tertiary/aromatic N) is 2. The topological polar surface area (TPSA) is 90.1 Å². The molecule has 4 rings (SSSR count). The van der Waals surface area contributed by atoms with E-state index in [9.17, 15) is 9.59 Å². The minimum absolute atomic E-state index is 0.0816. The standard InChI is InChI=1S/C16H23N5O2/c22-14(11-1-2-11)21-7-12-5-17-8-16(12,9-21)15(23)19-4-3-13-6-18-10-20-13/h6,10-12,17H,1-5,7-9H2,(H,18,20)(H,19,23)/t12-,16-/m1/s1. The lowest BCUT2D eigenvalue weighted by Crippen LogP contribution is -2.48. The highest BCUT2D eigenvalue weighted by molar-refractivity contribution is 5.87. The highest BCUT2D eigenvalue weighted by atomic mass is 16.2. The lowest BCUT2D eigenvalue weighted by atomic mass is 9.80. The summed E-state index contributed by atoms with van der Waals surface area (Å²) in [5.41, 5.74) is 0.569. The van der Waals surface area contributed by atoms with Gasteiger partial charge in [0.05, 0.1) is 11.7 Å². The van der Waals surface area contributed by atoms with Gasteiger partial charge in [0.15, 0.2) is 0 Å². The van der Waals surface area contributed by atoms with Crippen LogP contribution in [0, 0.1) is 17.3 Å². The maximum Gasteiger partial charge on any atom is 0.229 e. The number of likely N-dealkylation sites (tertiary alicyclic amines) is 1. The number of imidazole rings is 1. The normalized spacial score (nSPS) is 29.6. The van der Waals surface area contributed by atoms with Gasteiger partial charge in [-0.25, -0.2) is 4.98 Å². The van der Waals surface area contributed by atoms with Crippen molar-refractivity contribution < 1.29 is 9.59 Å². The summed E-state index contributed by atoms with van der Waals surface area (Å²) in [5.74, 6) is 0.793.